The smallest absolute Gasteiger partial charge is 0.112 e. The van der Waals surface area contributed by atoms with Crippen LogP contribution in [0.3, 0.4) is 0 Å². The number of aromatic nitrogens is 2. The van der Waals surface area contributed by atoms with Crippen molar-refractivity contribution in [1.29, 1.82) is 0 Å². The van der Waals surface area contributed by atoms with E-state index >= 15 is 0 Å². The predicted molar refractivity (Wildman–Crippen MR) is 85.5 cm³/mol. The SMILES string of the molecule is CCCC1CCC(n2c(C3CC3)nc3c2CCNC3)CC1. The standard InChI is InChI=1S/C18H29N3/c1-2-3-13-4-8-15(9-5-13)21-17-10-11-19-12-16(17)20-18(21)14-6-7-14/h13-15,19H,2-12H2,1H3. The molecule has 0 unspecified atom stereocenters. The quantitative estimate of drug-likeness (QED) is 0.909. The molecule has 2 saturated carbocycles. The van der Waals surface area contributed by atoms with Crippen LogP contribution in [0.4, 0.5) is 0 Å². The largest absolute Gasteiger partial charge is 0.328 e. The molecule has 0 amide bonds. The molecule has 0 radical (unpaired) electrons. The van der Waals surface area contributed by atoms with Crippen molar-refractivity contribution in [1.82, 2.24) is 14.9 Å². The van der Waals surface area contributed by atoms with Crippen molar-refractivity contribution in [3.05, 3.63) is 17.2 Å². The normalized spacial score (nSPS) is 29.4. The van der Waals surface area contributed by atoms with Gasteiger partial charge in [-0.05, 0) is 44.4 Å². The average Bonchev–Trinajstić information content (AvgIpc) is 3.29. The molecule has 21 heavy (non-hydrogen) atoms. The first-order chi connectivity index (χ1) is 10.4. The first-order valence-electron chi connectivity index (χ1n) is 9.17. The number of nitrogens with one attached hydrogen (secondary N) is 1. The summed E-state index contributed by atoms with van der Waals surface area (Å²) in [5.41, 5.74) is 2.94. The summed E-state index contributed by atoms with van der Waals surface area (Å²) in [6, 6.07) is 0.753. The number of hydrogen-bond donors (Lipinski definition) is 1. The topological polar surface area (TPSA) is 29.9 Å². The summed E-state index contributed by atoms with van der Waals surface area (Å²) >= 11 is 0. The van der Waals surface area contributed by atoms with Crippen LogP contribution in [0.25, 0.3) is 0 Å². The molecule has 0 spiro atoms. The van der Waals surface area contributed by atoms with Crippen LogP contribution in [0.2, 0.25) is 0 Å². The van der Waals surface area contributed by atoms with Gasteiger partial charge < -0.3 is 9.88 Å². The van der Waals surface area contributed by atoms with E-state index in [4.69, 9.17) is 4.98 Å². The molecule has 1 aliphatic heterocycles. The highest BCUT2D eigenvalue weighted by atomic mass is 15.2. The van der Waals surface area contributed by atoms with Crippen molar-refractivity contribution in [3.63, 3.8) is 0 Å². The Morgan fingerprint density at radius 2 is 1.95 bits per heavy atom. The molecule has 2 heterocycles. The van der Waals surface area contributed by atoms with Gasteiger partial charge in [0, 0.05) is 37.2 Å². The second kappa shape index (κ2) is 5.75. The summed E-state index contributed by atoms with van der Waals surface area (Å²) < 4.78 is 2.72. The van der Waals surface area contributed by atoms with Gasteiger partial charge in [-0.25, -0.2) is 4.98 Å². The van der Waals surface area contributed by atoms with Gasteiger partial charge in [0.2, 0.25) is 0 Å². The molecule has 0 bridgehead atoms. The molecule has 1 N–H and O–H groups in total. The molecule has 4 rings (SSSR count). The Morgan fingerprint density at radius 1 is 1.14 bits per heavy atom. The highest BCUT2D eigenvalue weighted by molar-refractivity contribution is 5.25. The molecule has 2 fully saturated rings. The number of imidazole rings is 1. The first-order valence-corrected chi connectivity index (χ1v) is 9.17. The Morgan fingerprint density at radius 3 is 2.67 bits per heavy atom. The van der Waals surface area contributed by atoms with Gasteiger partial charge in [-0.3, -0.25) is 0 Å². The summed E-state index contributed by atoms with van der Waals surface area (Å²) in [4.78, 5) is 5.04. The van der Waals surface area contributed by atoms with Crippen LogP contribution in [-0.2, 0) is 13.0 Å². The molecular weight excluding hydrogens is 258 g/mol. The number of hydrogen-bond acceptors (Lipinski definition) is 2. The third-order valence-electron chi connectivity index (χ3n) is 5.77. The molecule has 2 aliphatic carbocycles. The Labute approximate surface area is 128 Å². The van der Waals surface area contributed by atoms with Crippen molar-refractivity contribution in [2.24, 2.45) is 5.92 Å². The molecule has 0 atom stereocenters. The van der Waals surface area contributed by atoms with Gasteiger partial charge in [-0.1, -0.05) is 19.8 Å². The fourth-order valence-electron chi connectivity index (χ4n) is 4.49. The fraction of sp³-hybridized carbons (Fsp3) is 0.833. The molecule has 116 valence electrons. The van der Waals surface area contributed by atoms with Crippen LogP contribution >= 0.6 is 0 Å². The maximum Gasteiger partial charge on any atom is 0.112 e. The van der Waals surface area contributed by atoms with Gasteiger partial charge in [-0.15, -0.1) is 0 Å². The molecule has 3 heteroatoms. The van der Waals surface area contributed by atoms with Crippen LogP contribution in [0.1, 0.15) is 87.5 Å². The fourth-order valence-corrected chi connectivity index (χ4v) is 4.49. The van der Waals surface area contributed by atoms with Gasteiger partial charge in [-0.2, -0.15) is 0 Å². The highest BCUT2D eigenvalue weighted by Gasteiger charge is 2.35. The predicted octanol–water partition coefficient (Wildman–Crippen LogP) is 3.94. The summed E-state index contributed by atoms with van der Waals surface area (Å²) in [7, 11) is 0. The second-order valence-corrected chi connectivity index (χ2v) is 7.40. The first kappa shape index (κ1) is 13.8. The van der Waals surface area contributed by atoms with Crippen LogP contribution in [-0.4, -0.2) is 16.1 Å². The Balaban J connectivity index is 1.58. The summed E-state index contributed by atoms with van der Waals surface area (Å²) in [6.07, 6.45) is 12.4. The van der Waals surface area contributed by atoms with E-state index in [9.17, 15) is 0 Å². The van der Waals surface area contributed by atoms with Gasteiger partial charge in [0.05, 0.1) is 5.69 Å². The molecule has 1 aromatic heterocycles. The Kier molecular flexibility index (Phi) is 3.78. The number of fused-ring (bicyclic) bond motifs is 1. The maximum atomic E-state index is 5.04. The second-order valence-electron chi connectivity index (χ2n) is 7.40. The molecule has 1 aromatic rings. The third-order valence-corrected chi connectivity index (χ3v) is 5.77. The molecule has 3 nitrogen and oxygen atoms in total. The van der Waals surface area contributed by atoms with Gasteiger partial charge in [0.15, 0.2) is 0 Å². The van der Waals surface area contributed by atoms with E-state index in [0.29, 0.717) is 0 Å². The Bertz CT molecular complexity index is 493. The zero-order valence-electron chi connectivity index (χ0n) is 13.4. The van der Waals surface area contributed by atoms with E-state index in [2.05, 4.69) is 16.8 Å². The van der Waals surface area contributed by atoms with E-state index in [1.807, 2.05) is 0 Å². The zero-order valence-corrected chi connectivity index (χ0v) is 13.4. The van der Waals surface area contributed by atoms with Gasteiger partial charge in [0.1, 0.15) is 5.82 Å². The number of nitrogens with zero attached hydrogens (tertiary/aromatic N) is 2. The molecule has 3 aliphatic rings. The van der Waals surface area contributed by atoms with E-state index < -0.39 is 0 Å². The minimum absolute atomic E-state index is 0.753. The monoisotopic (exact) mass is 287 g/mol. The van der Waals surface area contributed by atoms with Crippen LogP contribution in [0.5, 0.6) is 0 Å². The summed E-state index contributed by atoms with van der Waals surface area (Å²) in [5, 5.41) is 3.49. The molecule has 0 aromatic carbocycles. The third kappa shape index (κ3) is 2.65. The summed E-state index contributed by atoms with van der Waals surface area (Å²) in [5.74, 6) is 3.23. The van der Waals surface area contributed by atoms with Crippen LogP contribution in [0, 0.1) is 5.92 Å². The van der Waals surface area contributed by atoms with Crippen molar-refractivity contribution >= 4 is 0 Å². The van der Waals surface area contributed by atoms with E-state index in [1.54, 1.807) is 5.69 Å². The van der Waals surface area contributed by atoms with E-state index in [-0.39, 0.29) is 0 Å². The van der Waals surface area contributed by atoms with E-state index in [1.165, 1.54) is 69.3 Å². The minimum Gasteiger partial charge on any atom is -0.328 e. The van der Waals surface area contributed by atoms with Crippen molar-refractivity contribution in [2.45, 2.75) is 83.2 Å². The zero-order chi connectivity index (χ0) is 14.2. The van der Waals surface area contributed by atoms with Crippen LogP contribution in [0.15, 0.2) is 0 Å². The lowest BCUT2D eigenvalue weighted by Crippen LogP contribution is -2.27. The lowest BCUT2D eigenvalue weighted by atomic mass is 9.83. The van der Waals surface area contributed by atoms with Crippen molar-refractivity contribution in [3.8, 4) is 0 Å². The molecule has 0 saturated heterocycles. The lowest BCUT2D eigenvalue weighted by molar-refractivity contribution is 0.255. The maximum absolute atomic E-state index is 5.04. The Hall–Kier alpha value is -0.830. The van der Waals surface area contributed by atoms with Crippen LogP contribution < -0.4 is 5.32 Å². The minimum atomic E-state index is 0.753. The van der Waals surface area contributed by atoms with Gasteiger partial charge >= 0.3 is 0 Å². The highest BCUT2D eigenvalue weighted by Crippen LogP contribution is 2.44. The average molecular weight is 287 g/mol. The van der Waals surface area contributed by atoms with Gasteiger partial charge in [0.25, 0.3) is 0 Å². The lowest BCUT2D eigenvalue weighted by Gasteiger charge is -2.32. The number of rotatable bonds is 4. The van der Waals surface area contributed by atoms with Crippen molar-refractivity contribution < 1.29 is 0 Å². The van der Waals surface area contributed by atoms with Crippen molar-refractivity contribution in [2.75, 3.05) is 6.54 Å². The summed E-state index contributed by atoms with van der Waals surface area (Å²) in [6.45, 7) is 4.46. The van der Waals surface area contributed by atoms with E-state index in [0.717, 1.165) is 31.0 Å². The molecular formula is C18H29N3.